The highest BCUT2D eigenvalue weighted by Gasteiger charge is 2.07. The summed E-state index contributed by atoms with van der Waals surface area (Å²) in [5, 5.41) is 0. The number of rotatable bonds is 4. The molecule has 18 heavy (non-hydrogen) atoms. The largest absolute Gasteiger partial charge is 0.497 e. The third kappa shape index (κ3) is 3.53. The average molecular weight is 263 g/mol. The van der Waals surface area contributed by atoms with Crippen molar-refractivity contribution in [2.75, 3.05) is 31.7 Å². The van der Waals surface area contributed by atoms with Crippen LogP contribution in [0.25, 0.3) is 0 Å². The topological polar surface area (TPSA) is 29.5 Å². The van der Waals surface area contributed by atoms with Gasteiger partial charge in [-0.15, -0.1) is 0 Å². The molecule has 1 aliphatic heterocycles. The van der Waals surface area contributed by atoms with Gasteiger partial charge in [-0.1, -0.05) is 0 Å². The minimum Gasteiger partial charge on any atom is -0.497 e. The second kappa shape index (κ2) is 6.50. The third-order valence-corrected chi connectivity index (χ3v) is 3.80. The Balaban J connectivity index is 1.95. The minimum absolute atomic E-state index is 0.0379. The smallest absolute Gasteiger partial charge is 0.187 e. The normalized spacial score (nSPS) is 15.9. The van der Waals surface area contributed by atoms with Crippen LogP contribution in [-0.4, -0.2) is 42.4 Å². The van der Waals surface area contributed by atoms with Crippen molar-refractivity contribution >= 4 is 17.5 Å². The van der Waals surface area contributed by atoms with Crippen LogP contribution in [0.3, 0.4) is 0 Å². The lowest BCUT2D eigenvalue weighted by molar-refractivity contribution is 0.104. The van der Waals surface area contributed by atoms with Gasteiger partial charge in [0.25, 0.3) is 0 Å². The third-order valence-electron chi connectivity index (χ3n) is 2.86. The summed E-state index contributed by atoms with van der Waals surface area (Å²) in [5.74, 6) is 3.08. The first-order valence-corrected chi connectivity index (χ1v) is 7.13. The maximum Gasteiger partial charge on any atom is 0.187 e. The molecule has 0 bridgehead atoms. The lowest BCUT2D eigenvalue weighted by Crippen LogP contribution is -2.27. The first-order valence-electron chi connectivity index (χ1n) is 5.98. The second-order valence-electron chi connectivity index (χ2n) is 4.06. The molecule has 0 amide bonds. The molecule has 1 heterocycles. The lowest BCUT2D eigenvalue weighted by atomic mass is 10.1. The second-order valence-corrected chi connectivity index (χ2v) is 5.28. The summed E-state index contributed by atoms with van der Waals surface area (Å²) in [5.41, 5.74) is 0.693. The van der Waals surface area contributed by atoms with Gasteiger partial charge in [0.1, 0.15) is 5.75 Å². The molecule has 4 heteroatoms. The van der Waals surface area contributed by atoms with E-state index >= 15 is 0 Å². The van der Waals surface area contributed by atoms with E-state index in [0.29, 0.717) is 5.56 Å². The maximum absolute atomic E-state index is 11.9. The number of carbonyl (C=O) groups is 1. The molecule has 0 unspecified atom stereocenters. The predicted octanol–water partition coefficient (Wildman–Crippen LogP) is 2.44. The summed E-state index contributed by atoms with van der Waals surface area (Å²) >= 11 is 1.96. The van der Waals surface area contributed by atoms with Crippen LogP contribution in [-0.2, 0) is 0 Å². The van der Waals surface area contributed by atoms with Gasteiger partial charge in [-0.2, -0.15) is 11.8 Å². The van der Waals surface area contributed by atoms with Crippen molar-refractivity contribution in [1.29, 1.82) is 0 Å². The van der Waals surface area contributed by atoms with Crippen molar-refractivity contribution in [3.8, 4) is 5.75 Å². The molecule has 96 valence electrons. The van der Waals surface area contributed by atoms with Crippen molar-refractivity contribution in [3.63, 3.8) is 0 Å². The van der Waals surface area contributed by atoms with Crippen molar-refractivity contribution in [1.82, 2.24) is 4.90 Å². The van der Waals surface area contributed by atoms with Gasteiger partial charge >= 0.3 is 0 Å². The van der Waals surface area contributed by atoms with E-state index in [1.165, 1.54) is 0 Å². The fourth-order valence-corrected chi connectivity index (χ4v) is 2.68. The predicted molar refractivity (Wildman–Crippen MR) is 75.4 cm³/mol. The Morgan fingerprint density at radius 1 is 1.28 bits per heavy atom. The Morgan fingerprint density at radius 3 is 2.56 bits per heavy atom. The minimum atomic E-state index is 0.0379. The van der Waals surface area contributed by atoms with E-state index in [1.54, 1.807) is 37.5 Å². The zero-order valence-corrected chi connectivity index (χ0v) is 11.3. The van der Waals surface area contributed by atoms with Gasteiger partial charge in [0.2, 0.25) is 0 Å². The molecule has 0 atom stereocenters. The van der Waals surface area contributed by atoms with Crippen molar-refractivity contribution in [2.24, 2.45) is 0 Å². The quantitative estimate of drug-likeness (QED) is 0.616. The van der Waals surface area contributed by atoms with E-state index in [2.05, 4.69) is 4.90 Å². The van der Waals surface area contributed by atoms with Crippen LogP contribution in [0.15, 0.2) is 36.5 Å². The highest BCUT2D eigenvalue weighted by molar-refractivity contribution is 7.99. The molecule has 3 nitrogen and oxygen atoms in total. The van der Waals surface area contributed by atoms with Crippen LogP contribution in [0.4, 0.5) is 0 Å². The van der Waals surface area contributed by atoms with Gasteiger partial charge in [-0.05, 0) is 24.3 Å². The van der Waals surface area contributed by atoms with E-state index in [0.717, 1.165) is 30.3 Å². The molecule has 1 saturated heterocycles. The number of carbonyl (C=O) groups excluding carboxylic acids is 1. The van der Waals surface area contributed by atoms with Crippen molar-refractivity contribution in [3.05, 3.63) is 42.1 Å². The van der Waals surface area contributed by atoms with E-state index < -0.39 is 0 Å². The van der Waals surface area contributed by atoms with Gasteiger partial charge in [0.05, 0.1) is 7.11 Å². The maximum atomic E-state index is 11.9. The summed E-state index contributed by atoms with van der Waals surface area (Å²) in [6, 6.07) is 7.19. The monoisotopic (exact) mass is 263 g/mol. The molecule has 1 aromatic carbocycles. The lowest BCUT2D eigenvalue weighted by Gasteiger charge is -2.24. The summed E-state index contributed by atoms with van der Waals surface area (Å²) in [6.07, 6.45) is 3.56. The molecule has 0 spiro atoms. The van der Waals surface area contributed by atoms with Gasteiger partial charge in [0, 0.05) is 42.4 Å². The number of hydrogen-bond acceptors (Lipinski definition) is 4. The number of ketones is 1. The Kier molecular flexibility index (Phi) is 4.70. The van der Waals surface area contributed by atoms with Crippen LogP contribution < -0.4 is 4.74 Å². The highest BCUT2D eigenvalue weighted by Crippen LogP contribution is 2.13. The molecule has 1 aliphatic rings. The van der Waals surface area contributed by atoms with Crippen LogP contribution in [0.2, 0.25) is 0 Å². The van der Waals surface area contributed by atoms with Crippen LogP contribution in [0.5, 0.6) is 5.75 Å². The van der Waals surface area contributed by atoms with Crippen LogP contribution >= 0.6 is 11.8 Å². The molecule has 1 fully saturated rings. The molecule has 0 N–H and O–H groups in total. The van der Waals surface area contributed by atoms with E-state index in [1.807, 2.05) is 18.0 Å². The van der Waals surface area contributed by atoms with E-state index in [9.17, 15) is 4.79 Å². The van der Waals surface area contributed by atoms with Crippen molar-refractivity contribution in [2.45, 2.75) is 0 Å². The molecular formula is C14H17NO2S. The molecule has 0 aliphatic carbocycles. The molecule has 0 aromatic heterocycles. The number of ether oxygens (including phenoxy) is 1. The summed E-state index contributed by atoms with van der Waals surface area (Å²) < 4.78 is 5.06. The molecule has 0 saturated carbocycles. The Hall–Kier alpha value is -1.42. The van der Waals surface area contributed by atoms with E-state index in [4.69, 9.17) is 4.74 Å². The number of allylic oxidation sites excluding steroid dienone is 1. The zero-order chi connectivity index (χ0) is 12.8. The van der Waals surface area contributed by atoms with Crippen LogP contribution in [0.1, 0.15) is 10.4 Å². The van der Waals surface area contributed by atoms with Crippen LogP contribution in [0, 0.1) is 0 Å². The molecule has 0 radical (unpaired) electrons. The average Bonchev–Trinajstić information content (AvgIpc) is 2.46. The Bertz CT molecular complexity index is 422. The summed E-state index contributed by atoms with van der Waals surface area (Å²) in [4.78, 5) is 14.1. The fourth-order valence-electron chi connectivity index (χ4n) is 1.75. The zero-order valence-electron chi connectivity index (χ0n) is 10.5. The highest BCUT2D eigenvalue weighted by atomic mass is 32.2. The Morgan fingerprint density at radius 2 is 1.94 bits per heavy atom. The first-order chi connectivity index (χ1) is 8.79. The fraction of sp³-hybridized carbons (Fsp3) is 0.357. The summed E-state index contributed by atoms with van der Waals surface area (Å²) in [6.45, 7) is 2.05. The number of nitrogens with zero attached hydrogens (tertiary/aromatic N) is 1. The molecular weight excluding hydrogens is 246 g/mol. The molecule has 2 rings (SSSR count). The van der Waals surface area contributed by atoms with Gasteiger partial charge in [0.15, 0.2) is 5.78 Å². The summed E-state index contributed by atoms with van der Waals surface area (Å²) in [7, 11) is 1.62. The van der Waals surface area contributed by atoms with Gasteiger partial charge in [-0.25, -0.2) is 0 Å². The van der Waals surface area contributed by atoms with Gasteiger partial charge in [-0.3, -0.25) is 4.79 Å². The standard InChI is InChI=1S/C14H17NO2S/c1-17-13-4-2-12(3-5-13)14(16)6-7-15-8-10-18-11-9-15/h2-7H,8-11H2,1H3/b7-6+. The molecule has 1 aromatic rings. The Labute approximate surface area is 112 Å². The van der Waals surface area contributed by atoms with Gasteiger partial charge < -0.3 is 9.64 Å². The number of thioether (sulfide) groups is 1. The first kappa shape index (κ1) is 13.0. The number of hydrogen-bond donors (Lipinski definition) is 0. The number of benzene rings is 1. The SMILES string of the molecule is COc1ccc(C(=O)/C=C/N2CCSCC2)cc1. The van der Waals surface area contributed by atoms with E-state index in [-0.39, 0.29) is 5.78 Å². The van der Waals surface area contributed by atoms with Crippen molar-refractivity contribution < 1.29 is 9.53 Å². The number of methoxy groups -OCH3 is 1.